The van der Waals surface area contributed by atoms with Crippen LogP contribution < -0.4 is 16.0 Å². The van der Waals surface area contributed by atoms with Crippen LogP contribution in [0.3, 0.4) is 0 Å². The molecule has 5 N–H and O–H groups in total. The summed E-state index contributed by atoms with van der Waals surface area (Å²) in [4.78, 5) is 48.3. The van der Waals surface area contributed by atoms with Crippen LogP contribution in [0.15, 0.2) is 30.3 Å². The van der Waals surface area contributed by atoms with Crippen LogP contribution >= 0.6 is 11.8 Å². The van der Waals surface area contributed by atoms with Gasteiger partial charge in [-0.25, -0.2) is 9.18 Å². The van der Waals surface area contributed by atoms with Crippen LogP contribution in [-0.4, -0.2) is 76.3 Å². The van der Waals surface area contributed by atoms with Crippen molar-refractivity contribution in [3.05, 3.63) is 35.9 Å². The van der Waals surface area contributed by atoms with Crippen LogP contribution in [0.4, 0.5) is 4.39 Å². The number of aliphatic hydroxyl groups excluding tert-OH is 1. The van der Waals surface area contributed by atoms with Gasteiger partial charge in [0.05, 0.1) is 6.10 Å². The van der Waals surface area contributed by atoms with Crippen molar-refractivity contribution in [3.8, 4) is 0 Å². The van der Waals surface area contributed by atoms with Crippen molar-refractivity contribution in [2.24, 2.45) is 0 Å². The van der Waals surface area contributed by atoms with Gasteiger partial charge in [0.1, 0.15) is 18.1 Å². The van der Waals surface area contributed by atoms with Gasteiger partial charge in [-0.15, -0.1) is 0 Å². The Hall–Kier alpha value is -2.66. The summed E-state index contributed by atoms with van der Waals surface area (Å²) in [7, 11) is 0. The lowest BCUT2D eigenvalue weighted by Gasteiger charge is -2.25. The van der Waals surface area contributed by atoms with E-state index in [9.17, 15) is 33.8 Å². The molecule has 9 nitrogen and oxygen atoms in total. The second kappa shape index (κ2) is 13.7. The van der Waals surface area contributed by atoms with Gasteiger partial charge >= 0.3 is 5.97 Å². The minimum Gasteiger partial charge on any atom is -0.480 e. The Balaban J connectivity index is 2.68. The fourth-order valence-electron chi connectivity index (χ4n) is 2.72. The smallest absolute Gasteiger partial charge is 0.326 e. The number of aliphatic hydroxyl groups is 1. The first-order valence-electron chi connectivity index (χ1n) is 10.1. The molecule has 3 amide bonds. The topological polar surface area (TPSA) is 145 Å². The Labute approximate surface area is 190 Å². The van der Waals surface area contributed by atoms with E-state index in [1.165, 1.54) is 25.6 Å². The maximum absolute atomic E-state index is 14.2. The lowest BCUT2D eigenvalue weighted by molar-refractivity contribution is -0.143. The van der Waals surface area contributed by atoms with E-state index in [4.69, 9.17) is 0 Å². The molecule has 0 saturated heterocycles. The van der Waals surface area contributed by atoms with E-state index in [1.54, 1.807) is 36.6 Å². The molecule has 0 bridgehead atoms. The zero-order valence-corrected chi connectivity index (χ0v) is 19.0. The molecular formula is C21H30FN3O6S. The van der Waals surface area contributed by atoms with Crippen molar-refractivity contribution >= 4 is 35.5 Å². The summed E-state index contributed by atoms with van der Waals surface area (Å²) in [5.74, 6) is -3.46. The van der Waals surface area contributed by atoms with Crippen molar-refractivity contribution in [1.82, 2.24) is 16.0 Å². The third-order valence-corrected chi connectivity index (χ3v) is 5.23. The number of aliphatic carboxylic acids is 1. The average Bonchev–Trinajstić information content (AvgIpc) is 2.74. The number of benzene rings is 1. The van der Waals surface area contributed by atoms with Crippen LogP contribution in [-0.2, 0) is 25.6 Å². The molecule has 32 heavy (non-hydrogen) atoms. The predicted molar refractivity (Wildman–Crippen MR) is 119 cm³/mol. The molecule has 1 rings (SSSR count). The summed E-state index contributed by atoms with van der Waals surface area (Å²) in [6, 6.07) is 4.70. The number of carboxylic acid groups (broad SMARTS) is 1. The van der Waals surface area contributed by atoms with E-state index in [2.05, 4.69) is 16.0 Å². The van der Waals surface area contributed by atoms with Gasteiger partial charge in [-0.05, 0) is 37.8 Å². The van der Waals surface area contributed by atoms with E-state index < -0.39 is 54.1 Å². The number of alkyl halides is 1. The monoisotopic (exact) mass is 471 g/mol. The first-order chi connectivity index (χ1) is 15.1. The zero-order chi connectivity index (χ0) is 24.3. The van der Waals surface area contributed by atoms with E-state index in [0.717, 1.165) is 0 Å². The molecule has 0 saturated carbocycles. The fraction of sp³-hybridized carbons (Fsp3) is 0.524. The second-order valence-corrected chi connectivity index (χ2v) is 8.28. The maximum Gasteiger partial charge on any atom is 0.326 e. The first-order valence-corrected chi connectivity index (χ1v) is 11.4. The Bertz CT molecular complexity index is 780. The Kier molecular flexibility index (Phi) is 11.7. The number of carbonyl (C=O) groups is 4. The number of hydrogen-bond acceptors (Lipinski definition) is 6. The largest absolute Gasteiger partial charge is 0.480 e. The highest BCUT2D eigenvalue weighted by atomic mass is 32.2. The normalized spacial score (nSPS) is 15.5. The molecule has 0 unspecified atom stereocenters. The Morgan fingerprint density at radius 3 is 2.16 bits per heavy atom. The van der Waals surface area contributed by atoms with Gasteiger partial charge in [-0.2, -0.15) is 11.8 Å². The van der Waals surface area contributed by atoms with Gasteiger partial charge in [0, 0.05) is 6.42 Å². The van der Waals surface area contributed by atoms with Crippen molar-refractivity contribution in [1.29, 1.82) is 0 Å². The van der Waals surface area contributed by atoms with Crippen LogP contribution in [0.25, 0.3) is 0 Å². The number of nitrogens with one attached hydrogen (secondary N) is 3. The van der Waals surface area contributed by atoms with Crippen LogP contribution in [0.5, 0.6) is 0 Å². The molecule has 0 aromatic heterocycles. The molecule has 0 aliphatic carbocycles. The average molecular weight is 472 g/mol. The van der Waals surface area contributed by atoms with Gasteiger partial charge in [-0.3, -0.25) is 14.4 Å². The summed E-state index contributed by atoms with van der Waals surface area (Å²) in [6.45, 7) is 2.56. The van der Waals surface area contributed by atoms with E-state index in [1.807, 2.05) is 0 Å². The maximum atomic E-state index is 14.2. The highest BCUT2D eigenvalue weighted by molar-refractivity contribution is 7.98. The summed E-state index contributed by atoms with van der Waals surface area (Å²) in [6.07, 6.45) is -1.43. The number of thioether (sulfide) groups is 1. The molecule has 5 atom stereocenters. The molecule has 0 aliphatic heterocycles. The number of rotatable bonds is 13. The van der Waals surface area contributed by atoms with Crippen LogP contribution in [0.1, 0.15) is 25.8 Å². The quantitative estimate of drug-likeness (QED) is 0.277. The molecule has 0 heterocycles. The number of carboxylic acids is 1. The van der Waals surface area contributed by atoms with Gasteiger partial charge in [-0.1, -0.05) is 30.3 Å². The summed E-state index contributed by atoms with van der Waals surface area (Å²) < 4.78 is 14.2. The fourth-order valence-corrected chi connectivity index (χ4v) is 3.19. The van der Waals surface area contributed by atoms with Crippen molar-refractivity contribution < 1.29 is 33.8 Å². The van der Waals surface area contributed by atoms with E-state index in [-0.39, 0.29) is 12.8 Å². The van der Waals surface area contributed by atoms with Gasteiger partial charge in [0.25, 0.3) is 5.91 Å². The molecule has 0 aliphatic rings. The van der Waals surface area contributed by atoms with Crippen molar-refractivity contribution in [2.45, 2.75) is 57.1 Å². The van der Waals surface area contributed by atoms with Crippen LogP contribution in [0.2, 0.25) is 0 Å². The van der Waals surface area contributed by atoms with Crippen molar-refractivity contribution in [2.75, 3.05) is 12.0 Å². The third kappa shape index (κ3) is 9.23. The molecule has 0 radical (unpaired) electrons. The number of halogens is 1. The zero-order valence-electron chi connectivity index (χ0n) is 18.2. The van der Waals surface area contributed by atoms with E-state index >= 15 is 0 Å². The SMILES string of the molecule is CSCC[C@H](NC(=O)[C@@H](NC(=O)[C@H](C)NC(=O)[C@@H](F)Cc1ccccc1)[C@@H](C)O)C(=O)O. The predicted octanol–water partition coefficient (Wildman–Crippen LogP) is 0.260. The highest BCUT2D eigenvalue weighted by Gasteiger charge is 2.31. The minimum absolute atomic E-state index is 0.160. The standard InChI is InChI=1S/C21H30FN3O6S/c1-12(23-19(28)15(22)11-14-7-5-4-6-8-14)18(27)25-17(13(2)26)20(29)24-16(21(30)31)9-10-32-3/h4-8,12-13,15-17,26H,9-11H2,1-3H3,(H,23,28)(H,24,29)(H,25,27)(H,30,31)/t12-,13+,15-,16-,17-/m0/s1. The minimum atomic E-state index is -1.88. The number of amides is 3. The van der Waals surface area contributed by atoms with E-state index in [0.29, 0.717) is 11.3 Å². The Morgan fingerprint density at radius 1 is 1.00 bits per heavy atom. The Morgan fingerprint density at radius 2 is 1.62 bits per heavy atom. The van der Waals surface area contributed by atoms with Crippen molar-refractivity contribution in [3.63, 3.8) is 0 Å². The highest BCUT2D eigenvalue weighted by Crippen LogP contribution is 2.07. The molecule has 0 spiro atoms. The molecule has 178 valence electrons. The van der Waals surface area contributed by atoms with Gasteiger partial charge in [0.2, 0.25) is 11.8 Å². The summed E-state index contributed by atoms with van der Waals surface area (Å²) >= 11 is 1.41. The molecule has 0 fully saturated rings. The van der Waals surface area contributed by atoms with Gasteiger partial charge < -0.3 is 26.2 Å². The summed E-state index contributed by atoms with van der Waals surface area (Å²) in [5.41, 5.74) is 0.618. The second-order valence-electron chi connectivity index (χ2n) is 7.30. The molecule has 1 aromatic carbocycles. The van der Waals surface area contributed by atoms with Crippen LogP contribution in [0, 0.1) is 0 Å². The molecule has 11 heteroatoms. The van der Waals surface area contributed by atoms with Gasteiger partial charge in [0.15, 0.2) is 6.17 Å². The lowest BCUT2D eigenvalue weighted by atomic mass is 10.1. The number of hydrogen-bond donors (Lipinski definition) is 5. The summed E-state index contributed by atoms with van der Waals surface area (Å²) in [5, 5.41) is 25.9. The third-order valence-electron chi connectivity index (χ3n) is 4.58. The molecular weight excluding hydrogens is 441 g/mol. The first kappa shape index (κ1) is 27.4. The molecule has 1 aromatic rings. The number of carbonyl (C=O) groups excluding carboxylic acids is 3. The lowest BCUT2D eigenvalue weighted by Crippen LogP contribution is -2.59.